The van der Waals surface area contributed by atoms with Gasteiger partial charge >= 0.3 is 5.97 Å². The van der Waals surface area contributed by atoms with Crippen LogP contribution in [-0.2, 0) is 9.53 Å². The van der Waals surface area contributed by atoms with Gasteiger partial charge in [0.15, 0.2) is 0 Å². The molecule has 0 radical (unpaired) electrons. The molecule has 1 aromatic heterocycles. The number of nitrogens with zero attached hydrogens (tertiary/aromatic N) is 2. The molecule has 23 heavy (non-hydrogen) atoms. The summed E-state index contributed by atoms with van der Waals surface area (Å²) in [5.41, 5.74) is 4.20. The van der Waals surface area contributed by atoms with Crippen LogP contribution in [0.4, 0.5) is 0 Å². The minimum atomic E-state index is -0.198. The number of carbonyl (C=O) groups excluding carboxylic acids is 1. The van der Waals surface area contributed by atoms with Crippen molar-refractivity contribution in [2.75, 3.05) is 6.61 Å². The van der Waals surface area contributed by atoms with Crippen molar-refractivity contribution in [3.05, 3.63) is 66.0 Å². The molecule has 3 aromatic rings. The van der Waals surface area contributed by atoms with Gasteiger partial charge < -0.3 is 9.30 Å². The molecule has 0 aliphatic heterocycles. The maximum Gasteiger partial charge on any atom is 0.308 e. The normalized spacial score (nSPS) is 12.3. The number of aryl methyl sites for hydroxylation is 1. The zero-order valence-electron chi connectivity index (χ0n) is 13.4. The van der Waals surface area contributed by atoms with Gasteiger partial charge in [0, 0.05) is 0 Å². The van der Waals surface area contributed by atoms with Crippen LogP contribution in [0.15, 0.2) is 54.9 Å². The lowest BCUT2D eigenvalue weighted by Crippen LogP contribution is -2.16. The highest BCUT2D eigenvalue weighted by atomic mass is 16.5. The number of imidazole rings is 1. The van der Waals surface area contributed by atoms with Gasteiger partial charge in [0.1, 0.15) is 0 Å². The highest BCUT2D eigenvalue weighted by Gasteiger charge is 2.20. The van der Waals surface area contributed by atoms with E-state index in [4.69, 9.17) is 4.74 Å². The van der Waals surface area contributed by atoms with E-state index in [1.165, 1.54) is 5.56 Å². The Labute approximate surface area is 135 Å². The summed E-state index contributed by atoms with van der Waals surface area (Å²) in [7, 11) is 0. The number of hydrogen-bond acceptors (Lipinski definition) is 3. The van der Waals surface area contributed by atoms with E-state index in [1.807, 2.05) is 49.4 Å². The number of fused-ring (bicyclic) bond motifs is 1. The molecule has 0 N–H and O–H groups in total. The number of rotatable bonds is 5. The van der Waals surface area contributed by atoms with E-state index in [0.717, 1.165) is 16.6 Å². The minimum Gasteiger partial charge on any atom is -0.466 e. The highest BCUT2D eigenvalue weighted by Crippen LogP contribution is 2.27. The van der Waals surface area contributed by atoms with Crippen LogP contribution < -0.4 is 0 Å². The summed E-state index contributed by atoms with van der Waals surface area (Å²) in [6.45, 7) is 4.27. The summed E-state index contributed by atoms with van der Waals surface area (Å²) in [4.78, 5) is 16.5. The molecule has 0 bridgehead atoms. The maximum atomic E-state index is 12.1. The van der Waals surface area contributed by atoms with Crippen LogP contribution >= 0.6 is 0 Å². The Bertz CT molecular complexity index is 809. The molecule has 0 amide bonds. The first-order chi connectivity index (χ1) is 11.2. The Morgan fingerprint density at radius 3 is 2.74 bits per heavy atom. The average Bonchev–Trinajstić information content (AvgIpc) is 2.96. The Balaban J connectivity index is 2.06. The minimum absolute atomic E-state index is 0.123. The molecule has 0 aliphatic carbocycles. The third-order valence-electron chi connectivity index (χ3n) is 3.92. The van der Waals surface area contributed by atoms with Crippen LogP contribution in [0, 0.1) is 6.92 Å². The molecule has 0 spiro atoms. The Kier molecular flexibility index (Phi) is 4.42. The first-order valence-electron chi connectivity index (χ1n) is 7.83. The van der Waals surface area contributed by atoms with Crippen molar-refractivity contribution >= 4 is 17.0 Å². The lowest BCUT2D eigenvalue weighted by Gasteiger charge is -2.19. The molecule has 0 saturated heterocycles. The molecule has 0 fully saturated rings. The number of aromatic nitrogens is 2. The van der Waals surface area contributed by atoms with Crippen LogP contribution in [0.2, 0.25) is 0 Å². The smallest absolute Gasteiger partial charge is 0.308 e. The first kappa shape index (κ1) is 15.3. The van der Waals surface area contributed by atoms with Gasteiger partial charge in [-0.15, -0.1) is 0 Å². The molecule has 1 heterocycles. The highest BCUT2D eigenvalue weighted by molar-refractivity contribution is 5.77. The third-order valence-corrected chi connectivity index (χ3v) is 3.92. The molecule has 2 aromatic carbocycles. The Hall–Kier alpha value is -2.62. The molecular formula is C19H20N2O2. The monoisotopic (exact) mass is 308 g/mol. The summed E-state index contributed by atoms with van der Waals surface area (Å²) in [6, 6.07) is 16.0. The molecule has 0 aliphatic rings. The van der Waals surface area contributed by atoms with E-state index in [-0.39, 0.29) is 18.4 Å². The third kappa shape index (κ3) is 3.26. The van der Waals surface area contributed by atoms with Crippen molar-refractivity contribution in [3.63, 3.8) is 0 Å². The van der Waals surface area contributed by atoms with Crippen molar-refractivity contribution in [2.45, 2.75) is 26.3 Å². The molecule has 118 valence electrons. The molecule has 1 atom stereocenters. The molecular weight excluding hydrogens is 288 g/mol. The van der Waals surface area contributed by atoms with Gasteiger partial charge in [0.05, 0.1) is 36.4 Å². The van der Waals surface area contributed by atoms with Crippen molar-refractivity contribution < 1.29 is 9.53 Å². The first-order valence-corrected chi connectivity index (χ1v) is 7.83. The second-order valence-electron chi connectivity index (χ2n) is 5.58. The van der Waals surface area contributed by atoms with E-state index in [0.29, 0.717) is 6.61 Å². The van der Waals surface area contributed by atoms with Crippen molar-refractivity contribution in [1.29, 1.82) is 0 Å². The molecule has 4 heteroatoms. The molecule has 0 saturated carbocycles. The summed E-state index contributed by atoms with van der Waals surface area (Å²) < 4.78 is 7.22. The van der Waals surface area contributed by atoms with E-state index < -0.39 is 0 Å². The van der Waals surface area contributed by atoms with Gasteiger partial charge in [0.2, 0.25) is 0 Å². The van der Waals surface area contributed by atoms with Gasteiger partial charge in [-0.1, -0.05) is 36.4 Å². The van der Waals surface area contributed by atoms with Crippen molar-refractivity contribution in [2.24, 2.45) is 0 Å². The lowest BCUT2D eigenvalue weighted by atomic mass is 10.0. The van der Waals surface area contributed by atoms with Gasteiger partial charge in [-0.25, -0.2) is 4.98 Å². The number of benzene rings is 2. The summed E-state index contributed by atoms with van der Waals surface area (Å²) in [6.07, 6.45) is 2.10. The van der Waals surface area contributed by atoms with E-state index in [9.17, 15) is 4.79 Å². The SMILES string of the molecule is CCOC(=O)CC(c1ccccc1)n1cnc2ccc(C)cc21. The largest absolute Gasteiger partial charge is 0.466 e. The van der Waals surface area contributed by atoms with Gasteiger partial charge in [-0.3, -0.25) is 4.79 Å². The lowest BCUT2D eigenvalue weighted by molar-refractivity contribution is -0.143. The van der Waals surface area contributed by atoms with Crippen LogP contribution in [0.1, 0.15) is 30.5 Å². The number of carbonyl (C=O) groups is 1. The Morgan fingerprint density at radius 2 is 2.00 bits per heavy atom. The van der Waals surface area contributed by atoms with E-state index in [1.54, 1.807) is 6.33 Å². The quantitative estimate of drug-likeness (QED) is 0.672. The second kappa shape index (κ2) is 6.65. The predicted octanol–water partition coefficient (Wildman–Crippen LogP) is 3.89. The summed E-state index contributed by atoms with van der Waals surface area (Å²) >= 11 is 0. The number of esters is 1. The number of hydrogen-bond donors (Lipinski definition) is 0. The maximum absolute atomic E-state index is 12.1. The summed E-state index contributed by atoms with van der Waals surface area (Å²) in [5, 5.41) is 0. The fourth-order valence-electron chi connectivity index (χ4n) is 2.81. The second-order valence-corrected chi connectivity index (χ2v) is 5.58. The predicted molar refractivity (Wildman–Crippen MR) is 90.3 cm³/mol. The van der Waals surface area contributed by atoms with Crippen LogP contribution in [0.25, 0.3) is 11.0 Å². The molecule has 1 unspecified atom stereocenters. The van der Waals surface area contributed by atoms with Crippen LogP contribution in [-0.4, -0.2) is 22.1 Å². The van der Waals surface area contributed by atoms with E-state index in [2.05, 4.69) is 22.5 Å². The van der Waals surface area contributed by atoms with Crippen LogP contribution in [0.3, 0.4) is 0 Å². The molecule has 3 rings (SSSR count). The Morgan fingerprint density at radius 1 is 1.22 bits per heavy atom. The standard InChI is InChI=1S/C19H20N2O2/c1-3-23-19(22)12-17(15-7-5-4-6-8-15)21-13-20-16-10-9-14(2)11-18(16)21/h4-11,13,17H,3,12H2,1-2H3. The zero-order valence-corrected chi connectivity index (χ0v) is 13.4. The summed E-state index contributed by atoms with van der Waals surface area (Å²) in [5.74, 6) is -0.198. The van der Waals surface area contributed by atoms with Gasteiger partial charge in [-0.2, -0.15) is 0 Å². The van der Waals surface area contributed by atoms with Crippen molar-refractivity contribution in [3.8, 4) is 0 Å². The fraction of sp³-hybridized carbons (Fsp3) is 0.263. The van der Waals surface area contributed by atoms with Gasteiger partial charge in [0.25, 0.3) is 0 Å². The average molecular weight is 308 g/mol. The van der Waals surface area contributed by atoms with Crippen molar-refractivity contribution in [1.82, 2.24) is 9.55 Å². The zero-order chi connectivity index (χ0) is 16.2. The van der Waals surface area contributed by atoms with Gasteiger partial charge in [-0.05, 0) is 37.1 Å². The van der Waals surface area contributed by atoms with E-state index >= 15 is 0 Å². The fourth-order valence-corrected chi connectivity index (χ4v) is 2.81. The topological polar surface area (TPSA) is 44.1 Å². The number of ether oxygens (including phenoxy) is 1. The molecule has 4 nitrogen and oxygen atoms in total. The van der Waals surface area contributed by atoms with Crippen LogP contribution in [0.5, 0.6) is 0 Å².